The van der Waals surface area contributed by atoms with Crippen molar-refractivity contribution in [2.75, 3.05) is 45.0 Å². The molecule has 474 valence electrons. The average molecular weight is 1230 g/mol. The molecule has 5 aliphatic heterocycles. The molecule has 0 radical (unpaired) electrons. The SMILES string of the molecule is C=C1C=CC(=O)N1CCCCCC(=O)C[C@H](C(=O)N[C@@H](C)C(=O)Cc1ccc(COC(=O)N2c3cc(OCCOCCOc4cc5c(cc4C)C(=O)N4Cc6ccccc6C[C@H]4C=N5)c(OC)cc3C(=O)N3Cc4ccccc4C[C@H]3C2O)cc1)C(C)C.CC. The molecule has 5 aliphatic rings. The third kappa shape index (κ3) is 15.2. The fourth-order valence-corrected chi connectivity index (χ4v) is 12.0. The highest BCUT2D eigenvalue weighted by Crippen LogP contribution is 2.42. The van der Waals surface area contributed by atoms with Gasteiger partial charge >= 0.3 is 6.09 Å². The lowest BCUT2D eigenvalue weighted by Gasteiger charge is -2.39. The number of amides is 5. The molecule has 0 fully saturated rings. The minimum Gasteiger partial charge on any atom is -0.493 e. The molecular weight excluding hydrogens is 1140 g/mol. The van der Waals surface area contributed by atoms with Crippen LogP contribution in [0.5, 0.6) is 17.2 Å². The van der Waals surface area contributed by atoms with Crippen molar-refractivity contribution in [3.8, 4) is 17.2 Å². The van der Waals surface area contributed by atoms with Crippen molar-refractivity contribution in [3.05, 3.63) is 172 Å². The van der Waals surface area contributed by atoms with Crippen LogP contribution in [0, 0.1) is 18.8 Å². The van der Waals surface area contributed by atoms with Crippen LogP contribution >= 0.6 is 0 Å². The van der Waals surface area contributed by atoms with Crippen LogP contribution in [-0.2, 0) is 67.6 Å². The lowest BCUT2D eigenvalue weighted by molar-refractivity contribution is -0.133. The number of carbonyl (C=O) groups is 7. The van der Waals surface area contributed by atoms with Crippen LogP contribution in [0.2, 0.25) is 0 Å². The zero-order valence-electron chi connectivity index (χ0n) is 52.5. The number of aliphatic hydroxyl groups is 1. The Morgan fingerprint density at radius 3 is 2.04 bits per heavy atom. The maximum absolute atomic E-state index is 14.6. The largest absolute Gasteiger partial charge is 0.493 e. The second kappa shape index (κ2) is 30.0. The predicted octanol–water partition coefficient (Wildman–Crippen LogP) is 10.1. The number of carbonyl (C=O) groups excluding carboxylic acids is 7. The van der Waals surface area contributed by atoms with E-state index in [-0.39, 0.29) is 123 Å². The van der Waals surface area contributed by atoms with Crippen LogP contribution in [-0.4, -0.2) is 132 Å². The number of aliphatic imine (C=N–C) groups is 1. The van der Waals surface area contributed by atoms with Gasteiger partial charge in [0.2, 0.25) is 5.91 Å². The predicted molar refractivity (Wildman–Crippen MR) is 341 cm³/mol. The number of rotatable bonds is 25. The molecule has 0 aliphatic carbocycles. The first-order chi connectivity index (χ1) is 43.5. The highest BCUT2D eigenvalue weighted by Gasteiger charge is 2.46. The number of fused-ring (bicyclic) bond motifs is 6. The second-order valence-corrected chi connectivity index (χ2v) is 23.4. The van der Waals surface area contributed by atoms with E-state index < -0.39 is 36.2 Å². The maximum Gasteiger partial charge on any atom is 0.416 e. The van der Waals surface area contributed by atoms with E-state index in [4.69, 9.17) is 28.7 Å². The second-order valence-electron chi connectivity index (χ2n) is 23.4. The Labute approximate surface area is 526 Å². The summed E-state index contributed by atoms with van der Waals surface area (Å²) >= 11 is 0. The van der Waals surface area contributed by atoms with Gasteiger partial charge in [0.05, 0.1) is 61.0 Å². The third-order valence-corrected chi connectivity index (χ3v) is 17.1. The van der Waals surface area contributed by atoms with Crippen LogP contribution in [0.25, 0.3) is 0 Å². The molecule has 5 aromatic rings. The molecule has 5 heterocycles. The molecule has 19 nitrogen and oxygen atoms in total. The van der Waals surface area contributed by atoms with E-state index in [1.165, 1.54) is 30.9 Å². The zero-order chi connectivity index (χ0) is 64.2. The van der Waals surface area contributed by atoms with Crippen molar-refractivity contribution in [3.63, 3.8) is 0 Å². The molecule has 1 unspecified atom stereocenters. The number of nitrogens with one attached hydrogen (secondary N) is 1. The summed E-state index contributed by atoms with van der Waals surface area (Å²) in [7, 11) is 1.44. The highest BCUT2D eigenvalue weighted by molar-refractivity contribution is 6.06. The average Bonchev–Trinajstić information content (AvgIpc) is 1.58. The van der Waals surface area contributed by atoms with Crippen LogP contribution in [0.15, 0.2) is 126 Å². The van der Waals surface area contributed by atoms with E-state index in [0.29, 0.717) is 66.2 Å². The standard InChI is InChI=1S/C69H76N6O13.C2H6/c1-42(2)54(34-53(76)18-8-7-13-25-72-44(4)19-24-64(72)78)65(79)71-45(5)60(77)31-46-20-22-47(23-21-46)41-88-69(83)75-58-37-63(62(84-6)35-56(58)67(81)74-40-51-17-12-10-15-49(51)33-59(74)68(75)82)87-29-27-85-26-28-86-61-36-57-55(30-43(61)3)66(80)73-39-50-16-11-9-14-48(50)32-52(73)38-70-57;1-2/h9-12,14-17,19-24,30,35-38,42,45,52,54,59,68,82H,4,7-8,13,18,25-29,31-34,39-41H2,1-3,5-6H3,(H,71,79);1-2H3/t45-,52-,54-,59-,68?;/m0./s1. The van der Waals surface area contributed by atoms with Gasteiger partial charge < -0.3 is 48.8 Å². The molecule has 0 saturated carbocycles. The van der Waals surface area contributed by atoms with Gasteiger partial charge in [-0.3, -0.25) is 33.8 Å². The molecule has 0 saturated heterocycles. The number of hydrogen-bond acceptors (Lipinski definition) is 14. The molecule has 0 aromatic heterocycles. The minimum atomic E-state index is -1.55. The third-order valence-electron chi connectivity index (χ3n) is 17.1. The number of ketones is 2. The Bertz CT molecular complexity index is 3540. The van der Waals surface area contributed by atoms with Crippen molar-refractivity contribution in [1.29, 1.82) is 0 Å². The number of nitrogens with zero attached hydrogens (tertiary/aromatic N) is 5. The van der Waals surface area contributed by atoms with Gasteiger partial charge in [0.25, 0.3) is 17.7 Å². The smallest absolute Gasteiger partial charge is 0.416 e. The number of aliphatic hydroxyl groups excluding tert-OH is 1. The summed E-state index contributed by atoms with van der Waals surface area (Å²) in [6, 6.07) is 27.5. The van der Waals surface area contributed by atoms with Gasteiger partial charge in [-0.25, -0.2) is 9.69 Å². The Morgan fingerprint density at radius 2 is 1.38 bits per heavy atom. The van der Waals surface area contributed by atoms with E-state index in [1.54, 1.807) is 53.1 Å². The van der Waals surface area contributed by atoms with Crippen molar-refractivity contribution in [1.82, 2.24) is 20.0 Å². The molecule has 10 rings (SSSR count). The molecule has 0 spiro atoms. The number of anilines is 1. The van der Waals surface area contributed by atoms with Gasteiger partial charge in [0.1, 0.15) is 31.4 Å². The Hall–Kier alpha value is -8.94. The number of aryl methyl sites for hydroxylation is 1. The Kier molecular flexibility index (Phi) is 21.9. The fraction of sp³-hybridized carbons (Fsp3) is 0.408. The summed E-state index contributed by atoms with van der Waals surface area (Å²) in [5.74, 6) is -0.963. The van der Waals surface area contributed by atoms with Crippen molar-refractivity contribution in [2.24, 2.45) is 16.8 Å². The number of ether oxygens (including phenoxy) is 5. The fourth-order valence-electron chi connectivity index (χ4n) is 12.0. The summed E-state index contributed by atoms with van der Waals surface area (Å²) in [4.78, 5) is 106. The molecular formula is C71H82N6O13. The molecule has 2 N–H and O–H groups in total. The molecule has 5 aromatic carbocycles. The molecule has 5 atom stereocenters. The van der Waals surface area contributed by atoms with Gasteiger partial charge in [-0.2, -0.15) is 0 Å². The van der Waals surface area contributed by atoms with E-state index >= 15 is 0 Å². The van der Waals surface area contributed by atoms with Crippen LogP contribution in [0.1, 0.15) is 126 Å². The van der Waals surface area contributed by atoms with E-state index in [9.17, 15) is 38.7 Å². The quantitative estimate of drug-likeness (QED) is 0.0520. The zero-order valence-corrected chi connectivity index (χ0v) is 52.5. The topological polar surface area (TPSA) is 223 Å². The summed E-state index contributed by atoms with van der Waals surface area (Å²) in [5.41, 5.74) is 8.12. The Balaban J connectivity index is 0.00000475. The highest BCUT2D eigenvalue weighted by atomic mass is 16.6. The number of Topliss-reactive ketones (excluding diaryl/α,β-unsaturated/α-hetero) is 2. The van der Waals surface area contributed by atoms with E-state index in [1.807, 2.05) is 88.2 Å². The first-order valence-corrected chi connectivity index (χ1v) is 31.2. The van der Waals surface area contributed by atoms with Gasteiger partial charge in [0, 0.05) is 74.9 Å². The number of methoxy groups -OCH3 is 1. The number of allylic oxidation sites excluding steroid dienone is 1. The van der Waals surface area contributed by atoms with Gasteiger partial charge in [-0.05, 0) is 103 Å². The molecule has 90 heavy (non-hydrogen) atoms. The van der Waals surface area contributed by atoms with Crippen molar-refractivity contribution in [2.45, 2.75) is 137 Å². The van der Waals surface area contributed by atoms with E-state index in [0.717, 1.165) is 40.0 Å². The molecule has 0 bridgehead atoms. The maximum atomic E-state index is 14.6. The first kappa shape index (κ1) is 65.5. The molecule has 5 amide bonds. The summed E-state index contributed by atoms with van der Waals surface area (Å²) < 4.78 is 29.9. The normalized spacial score (nSPS) is 17.7. The first-order valence-electron chi connectivity index (χ1n) is 31.2. The van der Waals surface area contributed by atoms with Gasteiger partial charge in [0.15, 0.2) is 23.5 Å². The summed E-state index contributed by atoms with van der Waals surface area (Å²) in [5, 5.41) is 15.1. The van der Waals surface area contributed by atoms with Crippen molar-refractivity contribution >= 4 is 58.9 Å². The van der Waals surface area contributed by atoms with E-state index in [2.05, 4.69) is 24.0 Å². The van der Waals surface area contributed by atoms with Crippen molar-refractivity contribution < 1.29 is 62.4 Å². The number of unbranched alkanes of at least 4 members (excludes halogenated alkanes) is 2. The summed E-state index contributed by atoms with van der Waals surface area (Å²) in [6.07, 6.45) is 6.03. The number of benzene rings is 5. The number of hydrogen-bond donors (Lipinski definition) is 2. The van der Waals surface area contributed by atoms with Crippen LogP contribution in [0.4, 0.5) is 16.2 Å². The summed E-state index contributed by atoms with van der Waals surface area (Å²) in [6.45, 7) is 16.7. The van der Waals surface area contributed by atoms with Gasteiger partial charge in [-0.15, -0.1) is 0 Å². The van der Waals surface area contributed by atoms with Crippen LogP contribution in [0.3, 0.4) is 0 Å². The molecule has 19 heteroatoms. The monoisotopic (exact) mass is 1230 g/mol. The van der Waals surface area contributed by atoms with Crippen LogP contribution < -0.4 is 24.4 Å². The Morgan fingerprint density at radius 1 is 0.733 bits per heavy atom. The lowest BCUT2D eigenvalue weighted by atomic mass is 9.88. The minimum absolute atomic E-state index is 0.00631. The van der Waals surface area contributed by atoms with Gasteiger partial charge in [-0.1, -0.05) is 113 Å². The lowest BCUT2D eigenvalue weighted by Crippen LogP contribution is -2.55.